The molecular weight excluding hydrogens is 475 g/mol. The van der Waals surface area contributed by atoms with E-state index in [-0.39, 0.29) is 23.7 Å². The van der Waals surface area contributed by atoms with E-state index < -0.39 is 19.8 Å². The second kappa shape index (κ2) is 9.46. The first-order chi connectivity index (χ1) is 14.0. The van der Waals surface area contributed by atoms with Crippen LogP contribution in [0.25, 0.3) is 0 Å². The summed E-state index contributed by atoms with van der Waals surface area (Å²) in [6.45, 7) is 4.70. The van der Waals surface area contributed by atoms with Crippen LogP contribution in [0.3, 0.4) is 0 Å². The number of rotatable bonds is 7. The van der Waals surface area contributed by atoms with Gasteiger partial charge in [-0.1, -0.05) is 6.92 Å². The number of aliphatic hydroxyl groups excluding tert-OH is 3. The summed E-state index contributed by atoms with van der Waals surface area (Å²) in [6, 6.07) is 0. The average molecular weight is 519 g/mol. The molecule has 0 aromatic rings. The molecule has 168 valence electrons. The van der Waals surface area contributed by atoms with Crippen molar-refractivity contribution in [2.24, 2.45) is 23.2 Å². The predicted molar refractivity (Wildman–Crippen MR) is 128 cm³/mol. The zero-order valence-electron chi connectivity index (χ0n) is 18.5. The third-order valence-electron chi connectivity index (χ3n) is 8.86. The summed E-state index contributed by atoms with van der Waals surface area (Å²) in [5.74, 6) is 1.44. The molecule has 1 saturated heterocycles. The number of halogens is 1. The summed E-state index contributed by atoms with van der Waals surface area (Å²) < 4.78 is 3.48. The molecule has 0 radical (unpaired) electrons. The van der Waals surface area contributed by atoms with Crippen LogP contribution in [0.1, 0.15) is 90.9 Å². The Balaban J connectivity index is 1.44. The number of alkyl halides is 2. The van der Waals surface area contributed by atoms with Crippen molar-refractivity contribution in [3.05, 3.63) is 9.66 Å². The molecule has 4 rings (SSSR count). The molecule has 2 aliphatic carbocycles. The number of aliphatic hydroxyl groups is 3. The van der Waals surface area contributed by atoms with Gasteiger partial charge in [-0.05, 0) is 0 Å². The SMILES string of the molecule is CCCCCCCC(O)[C@H]1CC[C@H]2C3C(O)C=C4CC(O)CCI4C3CCC12C. The van der Waals surface area contributed by atoms with Gasteiger partial charge in [-0.2, -0.15) is 0 Å². The number of hydrogen-bond acceptors (Lipinski definition) is 3. The Kier molecular flexibility index (Phi) is 7.35. The summed E-state index contributed by atoms with van der Waals surface area (Å²) in [6.07, 6.45) is 15.5. The average Bonchev–Trinajstić information content (AvgIpc) is 3.04. The van der Waals surface area contributed by atoms with Gasteiger partial charge in [0, 0.05) is 0 Å². The van der Waals surface area contributed by atoms with Gasteiger partial charge in [0.15, 0.2) is 0 Å². The number of hydrogen-bond donors (Lipinski definition) is 3. The quantitative estimate of drug-likeness (QED) is 0.239. The van der Waals surface area contributed by atoms with Gasteiger partial charge in [-0.15, -0.1) is 0 Å². The van der Waals surface area contributed by atoms with Crippen molar-refractivity contribution in [1.82, 2.24) is 0 Å². The summed E-state index contributed by atoms with van der Waals surface area (Å²) in [5, 5.41) is 32.4. The molecule has 2 aliphatic heterocycles. The van der Waals surface area contributed by atoms with Crippen LogP contribution in [0, 0.1) is 23.2 Å². The van der Waals surface area contributed by atoms with Gasteiger partial charge >= 0.3 is 179 Å². The van der Waals surface area contributed by atoms with Crippen LogP contribution in [0.5, 0.6) is 0 Å². The van der Waals surface area contributed by atoms with Crippen LogP contribution >= 0.6 is 19.8 Å². The topological polar surface area (TPSA) is 60.7 Å². The number of fused-ring (bicyclic) bond motifs is 5. The second-order valence-electron chi connectivity index (χ2n) is 10.5. The van der Waals surface area contributed by atoms with Crippen molar-refractivity contribution in [3.8, 4) is 0 Å². The fraction of sp³-hybridized carbons (Fsp3) is 0.920. The fourth-order valence-electron chi connectivity index (χ4n) is 7.30. The van der Waals surface area contributed by atoms with Gasteiger partial charge in [0.05, 0.1) is 0 Å². The van der Waals surface area contributed by atoms with Crippen molar-refractivity contribution < 1.29 is 15.3 Å². The third kappa shape index (κ3) is 4.34. The molecule has 6 unspecified atom stereocenters. The summed E-state index contributed by atoms with van der Waals surface area (Å²) in [4.78, 5) is 0. The van der Waals surface area contributed by atoms with Crippen molar-refractivity contribution in [1.29, 1.82) is 0 Å². The van der Waals surface area contributed by atoms with Gasteiger partial charge in [-0.3, -0.25) is 0 Å². The Bertz CT molecular complexity index is 593. The van der Waals surface area contributed by atoms with Crippen LogP contribution in [0.2, 0.25) is 0 Å². The Morgan fingerprint density at radius 3 is 2.69 bits per heavy atom. The molecule has 0 bridgehead atoms. The standard InChI is InChI=1S/C25H43IO3/c1-3-4-5-6-7-8-22(28)19-9-10-20-24-21(11-13-25(19,20)2)26-14-12-18(27)15-17(26)16-23(24)29/h16,18-24,27-29H,3-15H2,1-2H3/t18?,19-,20+,21?,22?,23?,24?,25?/m1/s1. The molecule has 0 aromatic carbocycles. The minimum absolute atomic E-state index is 0.154. The Hall–Kier alpha value is 0.350. The molecule has 0 spiro atoms. The molecule has 2 saturated carbocycles. The van der Waals surface area contributed by atoms with Crippen LogP contribution < -0.4 is 0 Å². The first kappa shape index (κ1) is 22.5. The molecular formula is C25H43IO3. The van der Waals surface area contributed by atoms with E-state index >= 15 is 0 Å². The maximum atomic E-state index is 11.1. The van der Waals surface area contributed by atoms with Crippen molar-refractivity contribution in [2.75, 3.05) is 4.43 Å². The summed E-state index contributed by atoms with van der Waals surface area (Å²) in [5.41, 5.74) is 0.210. The van der Waals surface area contributed by atoms with Crippen LogP contribution in [0.15, 0.2) is 9.66 Å². The van der Waals surface area contributed by atoms with Gasteiger partial charge in [-0.25, -0.2) is 0 Å². The molecule has 0 amide bonds. The molecule has 2 heterocycles. The summed E-state index contributed by atoms with van der Waals surface area (Å²) in [7, 11) is 0. The van der Waals surface area contributed by atoms with Gasteiger partial charge in [0.2, 0.25) is 0 Å². The normalized spacial score (nSPS) is 43.9. The molecule has 4 aliphatic rings. The zero-order chi connectivity index (χ0) is 20.6. The molecule has 29 heavy (non-hydrogen) atoms. The Labute approximate surface area is 185 Å². The fourth-order valence-corrected chi connectivity index (χ4v) is 16.1. The van der Waals surface area contributed by atoms with E-state index in [1.54, 1.807) is 0 Å². The third-order valence-corrected chi connectivity index (χ3v) is 16.6. The van der Waals surface area contributed by atoms with Crippen molar-refractivity contribution >= 4 is 19.8 Å². The number of unbranched alkanes of at least 4 members (excludes halogenated alkanes) is 4. The molecule has 3 nitrogen and oxygen atoms in total. The first-order valence-corrected chi connectivity index (χ1v) is 16.2. The predicted octanol–water partition coefficient (Wildman–Crippen LogP) is 5.44. The Morgan fingerprint density at radius 2 is 1.90 bits per heavy atom. The molecule has 3 N–H and O–H groups in total. The van der Waals surface area contributed by atoms with Crippen molar-refractivity contribution in [2.45, 2.75) is 113 Å². The van der Waals surface area contributed by atoms with Crippen LogP contribution in [-0.2, 0) is 0 Å². The van der Waals surface area contributed by atoms with Gasteiger partial charge in [0.1, 0.15) is 0 Å². The minimum atomic E-state index is -1.23. The maximum absolute atomic E-state index is 11.1. The Morgan fingerprint density at radius 1 is 1.10 bits per heavy atom. The monoisotopic (exact) mass is 518 g/mol. The van der Waals surface area contributed by atoms with Crippen LogP contribution in [0.4, 0.5) is 0 Å². The molecule has 4 heteroatoms. The molecule has 0 aromatic heterocycles. The van der Waals surface area contributed by atoms with E-state index in [9.17, 15) is 15.3 Å². The van der Waals surface area contributed by atoms with E-state index in [1.807, 2.05) is 0 Å². The molecule has 8 atom stereocenters. The van der Waals surface area contributed by atoms with E-state index in [4.69, 9.17) is 0 Å². The van der Waals surface area contributed by atoms with E-state index in [2.05, 4.69) is 19.9 Å². The first-order valence-electron chi connectivity index (χ1n) is 12.3. The zero-order valence-corrected chi connectivity index (χ0v) is 20.7. The van der Waals surface area contributed by atoms with E-state index in [1.165, 1.54) is 53.0 Å². The van der Waals surface area contributed by atoms with E-state index in [0.29, 0.717) is 17.8 Å². The molecule has 3 fully saturated rings. The van der Waals surface area contributed by atoms with Crippen LogP contribution in [-0.4, -0.2) is 42.0 Å². The van der Waals surface area contributed by atoms with Crippen molar-refractivity contribution in [3.63, 3.8) is 0 Å². The summed E-state index contributed by atoms with van der Waals surface area (Å²) >= 11 is -1.23. The van der Waals surface area contributed by atoms with Gasteiger partial charge < -0.3 is 0 Å². The van der Waals surface area contributed by atoms with Gasteiger partial charge in [0.25, 0.3) is 0 Å². The van der Waals surface area contributed by atoms with E-state index in [0.717, 1.165) is 36.0 Å². The second-order valence-corrected chi connectivity index (χ2v) is 16.9.